The van der Waals surface area contributed by atoms with Crippen LogP contribution in [0.25, 0.3) is 16.9 Å². The SMILES string of the molecule is COc1cc(Nc2nccc(-n3c(Nc4cccc(Cl)c4)nc4ccccc43)n2)cc(OC)c1OC. The number of methoxy groups -OCH3 is 3. The van der Waals surface area contributed by atoms with Crippen molar-refractivity contribution >= 4 is 45.9 Å². The maximum absolute atomic E-state index is 6.18. The maximum atomic E-state index is 6.18. The molecule has 0 saturated heterocycles. The number of hydrogen-bond donors (Lipinski definition) is 2. The highest BCUT2D eigenvalue weighted by Gasteiger charge is 2.16. The standard InChI is InChI=1S/C26H23ClN6O3/c1-34-21-14-18(15-22(35-2)24(21)36-3)29-25-28-12-11-23(32-25)33-20-10-5-4-9-19(20)31-26(33)30-17-8-6-7-16(27)13-17/h4-15H,1-3H3,(H,30,31)(H,28,29,32). The monoisotopic (exact) mass is 502 g/mol. The van der Waals surface area contributed by atoms with Gasteiger partial charge in [0, 0.05) is 40.8 Å². The summed E-state index contributed by atoms with van der Waals surface area (Å²) in [7, 11) is 4.69. The van der Waals surface area contributed by atoms with Crippen LogP contribution < -0.4 is 24.8 Å². The summed E-state index contributed by atoms with van der Waals surface area (Å²) in [6, 6.07) is 20.7. The van der Waals surface area contributed by atoms with E-state index in [1.807, 2.05) is 59.2 Å². The minimum absolute atomic E-state index is 0.383. The number of nitrogens with one attached hydrogen (secondary N) is 2. The van der Waals surface area contributed by atoms with Crippen molar-refractivity contribution in [2.45, 2.75) is 0 Å². The number of ether oxygens (including phenoxy) is 3. The molecule has 2 aromatic heterocycles. The lowest BCUT2D eigenvalue weighted by Gasteiger charge is -2.15. The number of anilines is 4. The van der Waals surface area contributed by atoms with Crippen LogP contribution in [-0.4, -0.2) is 40.8 Å². The van der Waals surface area contributed by atoms with E-state index >= 15 is 0 Å². The summed E-state index contributed by atoms with van der Waals surface area (Å²) >= 11 is 6.18. The van der Waals surface area contributed by atoms with Crippen LogP contribution in [0.3, 0.4) is 0 Å². The van der Waals surface area contributed by atoms with Gasteiger partial charge in [-0.05, 0) is 30.3 Å². The van der Waals surface area contributed by atoms with Gasteiger partial charge in [-0.1, -0.05) is 29.8 Å². The fourth-order valence-corrected chi connectivity index (χ4v) is 4.04. The second-order valence-electron chi connectivity index (χ2n) is 7.67. The molecule has 0 aliphatic rings. The van der Waals surface area contributed by atoms with Crippen LogP contribution in [0.1, 0.15) is 0 Å². The van der Waals surface area contributed by atoms with Crippen molar-refractivity contribution in [3.05, 3.63) is 77.9 Å². The molecule has 0 atom stereocenters. The maximum Gasteiger partial charge on any atom is 0.229 e. The quantitative estimate of drug-likeness (QED) is 0.267. The molecule has 0 saturated carbocycles. The number of fused-ring (bicyclic) bond motifs is 1. The van der Waals surface area contributed by atoms with E-state index in [9.17, 15) is 0 Å². The van der Waals surface area contributed by atoms with Crippen molar-refractivity contribution in [3.63, 3.8) is 0 Å². The van der Waals surface area contributed by atoms with Gasteiger partial charge >= 0.3 is 0 Å². The number of hydrogen-bond acceptors (Lipinski definition) is 8. The van der Waals surface area contributed by atoms with Crippen molar-refractivity contribution in [1.29, 1.82) is 0 Å². The molecule has 0 spiro atoms. The number of aromatic nitrogens is 4. The van der Waals surface area contributed by atoms with Crippen LogP contribution >= 0.6 is 11.6 Å². The average Bonchev–Trinajstić information content (AvgIpc) is 3.26. The Balaban J connectivity index is 1.55. The van der Waals surface area contributed by atoms with Gasteiger partial charge in [-0.2, -0.15) is 4.98 Å². The average molecular weight is 503 g/mol. The van der Waals surface area contributed by atoms with Crippen LogP contribution in [-0.2, 0) is 0 Å². The molecule has 0 amide bonds. The van der Waals surface area contributed by atoms with Gasteiger partial charge in [-0.3, -0.25) is 4.57 Å². The lowest BCUT2D eigenvalue weighted by Crippen LogP contribution is -2.06. The number of benzene rings is 3. The fraction of sp³-hybridized carbons (Fsp3) is 0.115. The largest absolute Gasteiger partial charge is 0.493 e. The molecule has 5 aromatic rings. The molecule has 10 heteroatoms. The Hall–Kier alpha value is -4.50. The van der Waals surface area contributed by atoms with E-state index in [0.29, 0.717) is 45.7 Å². The summed E-state index contributed by atoms with van der Waals surface area (Å²) in [6.07, 6.45) is 1.68. The molecular formula is C26H23ClN6O3. The van der Waals surface area contributed by atoms with E-state index in [0.717, 1.165) is 16.7 Å². The van der Waals surface area contributed by atoms with Crippen LogP contribution in [0.15, 0.2) is 72.9 Å². The van der Waals surface area contributed by atoms with Crippen molar-refractivity contribution in [2.75, 3.05) is 32.0 Å². The van der Waals surface area contributed by atoms with Crippen LogP contribution in [0, 0.1) is 0 Å². The molecule has 2 heterocycles. The summed E-state index contributed by atoms with van der Waals surface area (Å²) in [6.45, 7) is 0. The van der Waals surface area contributed by atoms with Gasteiger partial charge < -0.3 is 24.8 Å². The number of rotatable bonds is 8. The van der Waals surface area contributed by atoms with Gasteiger partial charge in [-0.25, -0.2) is 9.97 Å². The second-order valence-corrected chi connectivity index (χ2v) is 8.11. The van der Waals surface area contributed by atoms with E-state index in [4.69, 9.17) is 35.8 Å². The van der Waals surface area contributed by atoms with Gasteiger partial charge in [0.1, 0.15) is 5.82 Å². The summed E-state index contributed by atoms with van der Waals surface area (Å²) in [5, 5.41) is 7.20. The Morgan fingerprint density at radius 2 is 1.56 bits per heavy atom. The van der Waals surface area contributed by atoms with Crippen molar-refractivity contribution in [3.8, 4) is 23.1 Å². The molecule has 9 nitrogen and oxygen atoms in total. The molecular weight excluding hydrogens is 480 g/mol. The summed E-state index contributed by atoms with van der Waals surface area (Å²) in [4.78, 5) is 13.9. The summed E-state index contributed by atoms with van der Waals surface area (Å²) in [5.41, 5.74) is 3.19. The first-order valence-corrected chi connectivity index (χ1v) is 11.4. The Bertz CT molecular complexity index is 1510. The Morgan fingerprint density at radius 3 is 2.28 bits per heavy atom. The topological polar surface area (TPSA) is 95.4 Å². The zero-order valence-electron chi connectivity index (χ0n) is 19.8. The third kappa shape index (κ3) is 4.56. The molecule has 2 N–H and O–H groups in total. The minimum Gasteiger partial charge on any atom is -0.493 e. The molecule has 0 fully saturated rings. The van der Waals surface area contributed by atoms with Gasteiger partial charge in [-0.15, -0.1) is 0 Å². The predicted molar refractivity (Wildman–Crippen MR) is 141 cm³/mol. The number of nitrogens with zero attached hydrogens (tertiary/aromatic N) is 4. The van der Waals surface area contributed by atoms with E-state index in [1.165, 1.54) is 0 Å². The molecule has 0 aliphatic heterocycles. The second kappa shape index (κ2) is 10.0. The summed E-state index contributed by atoms with van der Waals surface area (Å²) < 4.78 is 18.2. The van der Waals surface area contributed by atoms with Crippen molar-refractivity contribution < 1.29 is 14.2 Å². The minimum atomic E-state index is 0.383. The number of imidazole rings is 1. The normalized spacial score (nSPS) is 10.8. The molecule has 5 rings (SSSR count). The lowest BCUT2D eigenvalue weighted by molar-refractivity contribution is 0.324. The van der Waals surface area contributed by atoms with E-state index in [-0.39, 0.29) is 0 Å². The van der Waals surface area contributed by atoms with Gasteiger partial charge in [0.15, 0.2) is 11.5 Å². The molecule has 182 valence electrons. The van der Waals surface area contributed by atoms with Crippen LogP contribution in [0.5, 0.6) is 17.2 Å². The highest BCUT2D eigenvalue weighted by atomic mass is 35.5. The van der Waals surface area contributed by atoms with E-state index in [1.54, 1.807) is 39.7 Å². The molecule has 0 aliphatic carbocycles. The van der Waals surface area contributed by atoms with Crippen molar-refractivity contribution in [2.24, 2.45) is 0 Å². The van der Waals surface area contributed by atoms with E-state index < -0.39 is 0 Å². The first-order chi connectivity index (χ1) is 17.6. The molecule has 36 heavy (non-hydrogen) atoms. The number of para-hydroxylation sites is 2. The van der Waals surface area contributed by atoms with Crippen LogP contribution in [0.4, 0.5) is 23.3 Å². The van der Waals surface area contributed by atoms with Gasteiger partial charge in [0.25, 0.3) is 0 Å². The Kier molecular flexibility index (Phi) is 6.46. The molecule has 0 bridgehead atoms. The molecule has 3 aromatic carbocycles. The lowest BCUT2D eigenvalue weighted by atomic mass is 10.2. The summed E-state index contributed by atoms with van der Waals surface area (Å²) in [5.74, 6) is 3.14. The number of halogens is 1. The Morgan fingerprint density at radius 1 is 0.778 bits per heavy atom. The zero-order chi connectivity index (χ0) is 25.1. The smallest absolute Gasteiger partial charge is 0.229 e. The van der Waals surface area contributed by atoms with Gasteiger partial charge in [0.2, 0.25) is 17.6 Å². The zero-order valence-corrected chi connectivity index (χ0v) is 20.6. The van der Waals surface area contributed by atoms with E-state index in [2.05, 4.69) is 15.6 Å². The van der Waals surface area contributed by atoms with Gasteiger partial charge in [0.05, 0.1) is 32.4 Å². The molecule has 0 radical (unpaired) electrons. The third-order valence-corrected chi connectivity index (χ3v) is 5.67. The molecule has 0 unspecified atom stereocenters. The highest BCUT2D eigenvalue weighted by Crippen LogP contribution is 2.40. The predicted octanol–water partition coefficient (Wildman–Crippen LogP) is 5.98. The van der Waals surface area contributed by atoms with Crippen LogP contribution in [0.2, 0.25) is 5.02 Å². The Labute approximate surface area is 212 Å². The first kappa shape index (κ1) is 23.3. The third-order valence-electron chi connectivity index (χ3n) is 5.43. The first-order valence-electron chi connectivity index (χ1n) is 11.0. The fourth-order valence-electron chi connectivity index (χ4n) is 3.85. The van der Waals surface area contributed by atoms with Crippen molar-refractivity contribution in [1.82, 2.24) is 19.5 Å². The highest BCUT2D eigenvalue weighted by molar-refractivity contribution is 6.30.